The van der Waals surface area contributed by atoms with Crippen LogP contribution in [0.2, 0.25) is 5.02 Å². The molecule has 7 nitrogen and oxygen atoms in total. The van der Waals surface area contributed by atoms with Crippen molar-refractivity contribution in [2.45, 2.75) is 57.5 Å². The Kier molecular flexibility index (Phi) is 12.0. The minimum absolute atomic E-state index is 0.00787. The Morgan fingerprint density at radius 3 is 2.20 bits per heavy atom. The highest BCUT2D eigenvalue weighted by molar-refractivity contribution is 7.92. The standard InChI is InChI=1S/C36H39ClFN3O4S/c1-4-5-22-39-36(43)34(23-28-10-7-6-8-11-28)40(24-29-16-18-30(38)19-17-29)35(42)25-41(33-13-9-12-32(37)27(33)3)46(44,45)31-20-14-26(2)15-21-31/h6-21,34H,4-5,22-25H2,1-3H3,(H,39,43)/t34-/m1/s1. The number of anilines is 1. The van der Waals surface area contributed by atoms with E-state index in [1.807, 2.05) is 44.2 Å². The van der Waals surface area contributed by atoms with Crippen molar-refractivity contribution in [2.75, 3.05) is 17.4 Å². The Balaban J connectivity index is 1.81. The van der Waals surface area contributed by atoms with E-state index in [2.05, 4.69) is 5.32 Å². The van der Waals surface area contributed by atoms with Crippen LogP contribution < -0.4 is 9.62 Å². The van der Waals surface area contributed by atoms with Crippen molar-refractivity contribution in [3.05, 3.63) is 130 Å². The second kappa shape index (κ2) is 15.9. The third kappa shape index (κ3) is 8.73. The lowest BCUT2D eigenvalue weighted by molar-refractivity contribution is -0.140. The van der Waals surface area contributed by atoms with Gasteiger partial charge in [-0.2, -0.15) is 0 Å². The molecule has 0 bridgehead atoms. The largest absolute Gasteiger partial charge is 0.354 e. The van der Waals surface area contributed by atoms with E-state index < -0.39 is 34.3 Å². The van der Waals surface area contributed by atoms with E-state index in [0.29, 0.717) is 22.7 Å². The summed E-state index contributed by atoms with van der Waals surface area (Å²) in [5.41, 5.74) is 3.01. The van der Waals surface area contributed by atoms with Gasteiger partial charge >= 0.3 is 0 Å². The monoisotopic (exact) mass is 663 g/mol. The summed E-state index contributed by atoms with van der Waals surface area (Å²) in [5.74, 6) is -1.41. The highest BCUT2D eigenvalue weighted by atomic mass is 35.5. The average molecular weight is 664 g/mol. The SMILES string of the molecule is CCCCNC(=O)[C@@H](Cc1ccccc1)N(Cc1ccc(F)cc1)C(=O)CN(c1cccc(Cl)c1C)S(=O)(=O)c1ccc(C)cc1. The topological polar surface area (TPSA) is 86.8 Å². The maximum atomic E-state index is 14.5. The molecule has 0 saturated carbocycles. The molecule has 0 spiro atoms. The first-order valence-electron chi connectivity index (χ1n) is 15.2. The summed E-state index contributed by atoms with van der Waals surface area (Å²) in [7, 11) is -4.26. The zero-order valence-corrected chi connectivity index (χ0v) is 27.8. The molecule has 0 aromatic heterocycles. The molecule has 0 aliphatic carbocycles. The highest BCUT2D eigenvalue weighted by Crippen LogP contribution is 2.31. The number of hydrogen-bond donors (Lipinski definition) is 1. The number of nitrogens with one attached hydrogen (secondary N) is 1. The van der Waals surface area contributed by atoms with Crippen molar-refractivity contribution in [3.63, 3.8) is 0 Å². The Bertz CT molecular complexity index is 1730. The Morgan fingerprint density at radius 2 is 1.54 bits per heavy atom. The quantitative estimate of drug-likeness (QED) is 0.150. The Morgan fingerprint density at radius 1 is 0.870 bits per heavy atom. The van der Waals surface area contributed by atoms with E-state index in [1.165, 1.54) is 29.2 Å². The van der Waals surface area contributed by atoms with Crippen molar-refractivity contribution in [2.24, 2.45) is 0 Å². The van der Waals surface area contributed by atoms with Crippen LogP contribution in [0.5, 0.6) is 0 Å². The molecule has 2 amide bonds. The van der Waals surface area contributed by atoms with Crippen LogP contribution in [0.15, 0.2) is 102 Å². The fraction of sp³-hybridized carbons (Fsp3) is 0.278. The summed E-state index contributed by atoms with van der Waals surface area (Å²) in [6.45, 7) is 5.32. The molecule has 0 heterocycles. The number of carbonyl (C=O) groups excluding carboxylic acids is 2. The maximum Gasteiger partial charge on any atom is 0.264 e. The number of aryl methyl sites for hydroxylation is 1. The number of nitrogens with zero attached hydrogens (tertiary/aromatic N) is 2. The van der Waals surface area contributed by atoms with Crippen molar-refractivity contribution < 1.29 is 22.4 Å². The number of sulfonamides is 1. The van der Waals surface area contributed by atoms with Crippen LogP contribution in [0.1, 0.15) is 42.0 Å². The van der Waals surface area contributed by atoms with Gasteiger partial charge in [-0.3, -0.25) is 13.9 Å². The van der Waals surface area contributed by atoms with Crippen LogP contribution in [0.4, 0.5) is 10.1 Å². The molecule has 46 heavy (non-hydrogen) atoms. The minimum Gasteiger partial charge on any atom is -0.354 e. The van der Waals surface area contributed by atoms with Gasteiger partial charge in [-0.25, -0.2) is 12.8 Å². The molecule has 4 aromatic rings. The molecule has 10 heteroatoms. The lowest BCUT2D eigenvalue weighted by atomic mass is 10.0. The Hall–Kier alpha value is -4.21. The van der Waals surface area contributed by atoms with Gasteiger partial charge in [-0.05, 0) is 73.4 Å². The van der Waals surface area contributed by atoms with Gasteiger partial charge in [0.15, 0.2) is 0 Å². The molecule has 0 aliphatic rings. The normalized spacial score (nSPS) is 11.9. The van der Waals surface area contributed by atoms with Gasteiger partial charge < -0.3 is 10.2 Å². The molecular weight excluding hydrogens is 625 g/mol. The predicted molar refractivity (Wildman–Crippen MR) is 181 cm³/mol. The van der Waals surface area contributed by atoms with Gasteiger partial charge in [-0.1, -0.05) is 91.2 Å². The van der Waals surface area contributed by atoms with Gasteiger partial charge in [-0.15, -0.1) is 0 Å². The van der Waals surface area contributed by atoms with E-state index in [0.717, 1.165) is 28.3 Å². The summed E-state index contributed by atoms with van der Waals surface area (Å²) in [4.78, 5) is 29.7. The average Bonchev–Trinajstić information content (AvgIpc) is 3.04. The van der Waals surface area contributed by atoms with Crippen LogP contribution in [0.3, 0.4) is 0 Å². The molecule has 1 atom stereocenters. The van der Waals surface area contributed by atoms with Gasteiger partial charge in [0.25, 0.3) is 10.0 Å². The fourth-order valence-electron chi connectivity index (χ4n) is 5.06. The lowest BCUT2D eigenvalue weighted by Crippen LogP contribution is -2.53. The molecule has 0 unspecified atom stereocenters. The van der Waals surface area contributed by atoms with Gasteiger partial charge in [0, 0.05) is 24.5 Å². The summed E-state index contributed by atoms with van der Waals surface area (Å²) < 4.78 is 43.3. The third-order valence-electron chi connectivity index (χ3n) is 7.76. The molecule has 4 rings (SSSR count). The van der Waals surface area contributed by atoms with Crippen molar-refractivity contribution in [3.8, 4) is 0 Å². The number of carbonyl (C=O) groups is 2. The minimum atomic E-state index is -4.26. The van der Waals surface area contributed by atoms with Crippen LogP contribution in [0, 0.1) is 19.7 Å². The number of amides is 2. The van der Waals surface area contributed by atoms with Gasteiger partial charge in [0.1, 0.15) is 18.4 Å². The second-order valence-corrected chi connectivity index (χ2v) is 13.5. The molecule has 0 saturated heterocycles. The molecule has 242 valence electrons. The smallest absolute Gasteiger partial charge is 0.264 e. The third-order valence-corrected chi connectivity index (χ3v) is 9.95. The second-order valence-electron chi connectivity index (χ2n) is 11.2. The summed E-state index contributed by atoms with van der Waals surface area (Å²) in [6, 6.07) is 25.2. The van der Waals surface area contributed by atoms with E-state index in [-0.39, 0.29) is 29.5 Å². The van der Waals surface area contributed by atoms with Crippen LogP contribution in [0.25, 0.3) is 0 Å². The number of unbranched alkanes of at least 4 members (excludes halogenated alkanes) is 1. The zero-order chi connectivity index (χ0) is 33.3. The first-order chi connectivity index (χ1) is 22.0. The summed E-state index contributed by atoms with van der Waals surface area (Å²) in [6.07, 6.45) is 1.81. The Labute approximate surface area is 276 Å². The van der Waals surface area contributed by atoms with Crippen molar-refractivity contribution in [1.29, 1.82) is 0 Å². The van der Waals surface area contributed by atoms with Crippen molar-refractivity contribution >= 4 is 39.1 Å². The summed E-state index contributed by atoms with van der Waals surface area (Å²) in [5, 5.41) is 3.30. The number of benzene rings is 4. The maximum absolute atomic E-state index is 14.5. The zero-order valence-electron chi connectivity index (χ0n) is 26.2. The molecule has 0 radical (unpaired) electrons. The first-order valence-corrected chi connectivity index (χ1v) is 17.0. The van der Waals surface area contributed by atoms with E-state index in [4.69, 9.17) is 11.6 Å². The van der Waals surface area contributed by atoms with E-state index in [1.54, 1.807) is 49.4 Å². The molecule has 0 fully saturated rings. The van der Waals surface area contributed by atoms with E-state index >= 15 is 0 Å². The van der Waals surface area contributed by atoms with Gasteiger partial charge in [0.05, 0.1) is 10.6 Å². The van der Waals surface area contributed by atoms with Crippen LogP contribution >= 0.6 is 11.6 Å². The summed E-state index contributed by atoms with van der Waals surface area (Å²) >= 11 is 6.44. The number of halogens is 2. The van der Waals surface area contributed by atoms with Crippen molar-refractivity contribution in [1.82, 2.24) is 10.2 Å². The molecule has 4 aromatic carbocycles. The lowest BCUT2D eigenvalue weighted by Gasteiger charge is -2.34. The first kappa shape index (κ1) is 34.7. The van der Waals surface area contributed by atoms with Crippen LogP contribution in [-0.2, 0) is 32.6 Å². The highest BCUT2D eigenvalue weighted by Gasteiger charge is 2.35. The predicted octanol–water partition coefficient (Wildman–Crippen LogP) is 6.85. The number of hydrogen-bond acceptors (Lipinski definition) is 4. The molecule has 0 aliphatic heterocycles. The number of rotatable bonds is 14. The molecular formula is C36H39ClFN3O4S. The molecule has 1 N–H and O–H groups in total. The fourth-order valence-corrected chi connectivity index (χ4v) is 6.70. The van der Waals surface area contributed by atoms with Crippen LogP contribution in [-0.4, -0.2) is 44.3 Å². The van der Waals surface area contributed by atoms with Gasteiger partial charge in [0.2, 0.25) is 11.8 Å². The van der Waals surface area contributed by atoms with E-state index in [9.17, 15) is 22.4 Å².